The molecule has 0 aliphatic carbocycles. The van der Waals surface area contributed by atoms with Gasteiger partial charge < -0.3 is 20.6 Å². The molecule has 0 heterocycles. The molecule has 1 rings (SSSR count). The standard InChI is InChI=1S/C11H17NO3.ClH/c1-7(2)12-6-11(15)8-3-4-9(13)10(14)5-8;/h3-5,7,11-15H,6H2,1-2H3;1H/i1D3,2D3,7D;. The van der Waals surface area contributed by atoms with Crippen molar-refractivity contribution in [2.24, 2.45) is 0 Å². The molecule has 92 valence electrons. The van der Waals surface area contributed by atoms with Crippen molar-refractivity contribution < 1.29 is 24.9 Å². The molecule has 0 aliphatic rings. The molecule has 4 N–H and O–H groups in total. The van der Waals surface area contributed by atoms with Crippen LogP contribution in [0.4, 0.5) is 0 Å². The first kappa shape index (κ1) is 6.69. The molecular weight excluding hydrogens is 230 g/mol. The van der Waals surface area contributed by atoms with Gasteiger partial charge in [0.1, 0.15) is 0 Å². The lowest BCUT2D eigenvalue weighted by molar-refractivity contribution is 0.171. The van der Waals surface area contributed by atoms with Gasteiger partial charge in [0.05, 0.1) is 6.10 Å². The van der Waals surface area contributed by atoms with Crippen LogP contribution in [0.25, 0.3) is 0 Å². The largest absolute Gasteiger partial charge is 0.504 e. The minimum absolute atomic E-state index is 0. The average Bonchev–Trinajstić information content (AvgIpc) is 2.36. The van der Waals surface area contributed by atoms with Gasteiger partial charge in [-0.15, -0.1) is 12.4 Å². The first-order chi connectivity index (χ1) is 9.79. The highest BCUT2D eigenvalue weighted by Crippen LogP contribution is 2.27. The van der Waals surface area contributed by atoms with Crippen molar-refractivity contribution in [1.29, 1.82) is 0 Å². The molecule has 0 fully saturated rings. The molecule has 0 bridgehead atoms. The first-order valence-corrected chi connectivity index (χ1v) is 4.24. The highest BCUT2D eigenvalue weighted by Gasteiger charge is 2.10. The van der Waals surface area contributed by atoms with E-state index in [0.717, 1.165) is 12.1 Å². The van der Waals surface area contributed by atoms with Gasteiger partial charge in [-0.25, -0.2) is 0 Å². The smallest absolute Gasteiger partial charge is 0.157 e. The summed E-state index contributed by atoms with van der Waals surface area (Å²) in [5, 5.41) is 30.5. The number of phenols is 2. The van der Waals surface area contributed by atoms with Crippen molar-refractivity contribution in [3.05, 3.63) is 23.8 Å². The summed E-state index contributed by atoms with van der Waals surface area (Å²) in [6.45, 7) is -6.82. The summed E-state index contributed by atoms with van der Waals surface area (Å²) in [5.74, 6) is -0.885. The Hall–Kier alpha value is -0.970. The summed E-state index contributed by atoms with van der Waals surface area (Å²) < 4.78 is 51.0. The van der Waals surface area contributed by atoms with Gasteiger partial charge in [0.15, 0.2) is 11.5 Å². The summed E-state index contributed by atoms with van der Waals surface area (Å²) in [6.07, 6.45) is -1.37. The lowest BCUT2D eigenvalue weighted by Crippen LogP contribution is -2.27. The Kier molecular flexibility index (Phi) is 2.75. The van der Waals surface area contributed by atoms with Crippen LogP contribution in [-0.2, 0) is 0 Å². The predicted octanol–water partition coefficient (Wildman–Crippen LogP) is 1.55. The second-order valence-electron chi connectivity index (χ2n) is 3.02. The van der Waals surface area contributed by atoms with Crippen molar-refractivity contribution in [3.63, 3.8) is 0 Å². The van der Waals surface area contributed by atoms with Crippen LogP contribution in [0.1, 0.15) is 35.0 Å². The zero-order chi connectivity index (χ0) is 17.3. The number of nitrogens with one attached hydrogen (secondary N) is 1. The fraction of sp³-hybridized carbons (Fsp3) is 0.455. The number of halogens is 1. The van der Waals surface area contributed by atoms with E-state index in [-0.39, 0.29) is 18.0 Å². The Morgan fingerprint density at radius 2 is 2.06 bits per heavy atom. The maximum atomic E-state index is 9.92. The highest BCUT2D eigenvalue weighted by atomic mass is 35.5. The fourth-order valence-corrected chi connectivity index (χ4v) is 1.06. The number of hydrogen-bond acceptors (Lipinski definition) is 4. The molecule has 0 aromatic heterocycles. The van der Waals surface area contributed by atoms with E-state index in [0.29, 0.717) is 0 Å². The maximum absolute atomic E-state index is 9.92. The molecule has 0 saturated heterocycles. The topological polar surface area (TPSA) is 72.7 Å². The Bertz CT molecular complexity index is 521. The van der Waals surface area contributed by atoms with Crippen molar-refractivity contribution in [3.8, 4) is 11.5 Å². The van der Waals surface area contributed by atoms with Crippen LogP contribution in [0.5, 0.6) is 11.5 Å². The molecule has 1 atom stereocenters. The molecule has 0 saturated carbocycles. The molecule has 0 radical (unpaired) electrons. The second kappa shape index (κ2) is 6.58. The van der Waals surface area contributed by atoms with Crippen LogP contribution in [0, 0.1) is 0 Å². The summed E-state index contributed by atoms with van der Waals surface area (Å²) in [4.78, 5) is 0. The lowest BCUT2D eigenvalue weighted by atomic mass is 10.1. The van der Waals surface area contributed by atoms with Crippen molar-refractivity contribution in [2.75, 3.05) is 6.54 Å². The molecule has 0 aliphatic heterocycles. The van der Waals surface area contributed by atoms with E-state index in [1.165, 1.54) is 6.07 Å². The van der Waals surface area contributed by atoms with Gasteiger partial charge in [0.25, 0.3) is 0 Å². The monoisotopic (exact) mass is 254 g/mol. The second-order valence-corrected chi connectivity index (χ2v) is 3.02. The van der Waals surface area contributed by atoms with E-state index in [9.17, 15) is 15.3 Å². The third-order valence-electron chi connectivity index (χ3n) is 1.86. The maximum Gasteiger partial charge on any atom is 0.157 e. The SMILES string of the molecule is Cl.[2H]C([2H])([2H])C([2H])(NCC(O)c1ccc(O)c(O)c1)C([2H])([2H])[2H]. The summed E-state index contributed by atoms with van der Waals surface area (Å²) in [7, 11) is 0. The third kappa shape index (κ3) is 4.26. The minimum atomic E-state index is -3.14. The molecule has 0 spiro atoms. The average molecular weight is 255 g/mol. The predicted molar refractivity (Wildman–Crippen MR) is 65.1 cm³/mol. The quantitative estimate of drug-likeness (QED) is 0.616. The molecule has 16 heavy (non-hydrogen) atoms. The van der Waals surface area contributed by atoms with Gasteiger partial charge in [-0.2, -0.15) is 0 Å². The fourth-order valence-electron chi connectivity index (χ4n) is 1.06. The number of phenolic OH excluding ortho intramolecular Hbond substituents is 2. The molecule has 5 heteroatoms. The normalized spacial score (nSPS) is 20.9. The molecule has 0 amide bonds. The Morgan fingerprint density at radius 1 is 1.38 bits per heavy atom. The van der Waals surface area contributed by atoms with Crippen LogP contribution < -0.4 is 5.32 Å². The van der Waals surface area contributed by atoms with E-state index in [1.807, 2.05) is 0 Å². The Morgan fingerprint density at radius 3 is 2.62 bits per heavy atom. The van der Waals surface area contributed by atoms with Crippen LogP contribution in [-0.4, -0.2) is 27.9 Å². The molecule has 4 nitrogen and oxygen atoms in total. The van der Waals surface area contributed by atoms with Crippen molar-refractivity contribution in [1.82, 2.24) is 5.32 Å². The third-order valence-corrected chi connectivity index (χ3v) is 1.86. The van der Waals surface area contributed by atoms with Gasteiger partial charge >= 0.3 is 0 Å². The number of aliphatic hydroxyl groups excluding tert-OH is 1. The summed E-state index contributed by atoms with van der Waals surface area (Å²) >= 11 is 0. The van der Waals surface area contributed by atoms with Crippen LogP contribution in [0.3, 0.4) is 0 Å². The first-order valence-electron chi connectivity index (χ1n) is 7.74. The van der Waals surface area contributed by atoms with Gasteiger partial charge in [-0.1, -0.05) is 19.8 Å². The zero-order valence-electron chi connectivity index (χ0n) is 15.3. The van der Waals surface area contributed by atoms with Crippen LogP contribution in [0.15, 0.2) is 18.2 Å². The van der Waals surface area contributed by atoms with E-state index in [4.69, 9.17) is 9.60 Å². The molecular formula is C11H18ClNO3. The van der Waals surface area contributed by atoms with Gasteiger partial charge in [0, 0.05) is 22.2 Å². The number of rotatable bonds is 4. The van der Waals surface area contributed by atoms with Crippen LogP contribution in [0.2, 0.25) is 0 Å². The van der Waals surface area contributed by atoms with Crippen molar-refractivity contribution >= 4 is 12.4 Å². The summed E-state index contributed by atoms with van der Waals surface area (Å²) in [6, 6.07) is 0.505. The van der Waals surface area contributed by atoms with E-state index in [1.54, 1.807) is 0 Å². The van der Waals surface area contributed by atoms with Crippen LogP contribution >= 0.6 is 12.4 Å². The Balaban J connectivity index is 0.00000484. The van der Waals surface area contributed by atoms with Gasteiger partial charge in [-0.05, 0) is 17.7 Å². The van der Waals surface area contributed by atoms with E-state index in [2.05, 4.69) is 5.32 Å². The van der Waals surface area contributed by atoms with Gasteiger partial charge in [0.2, 0.25) is 0 Å². The zero-order valence-corrected chi connectivity index (χ0v) is 9.08. The summed E-state index contributed by atoms with van der Waals surface area (Å²) in [5.41, 5.74) is 0.126. The molecule has 1 aromatic rings. The number of hydrogen-bond donors (Lipinski definition) is 4. The number of aliphatic hydroxyl groups is 1. The minimum Gasteiger partial charge on any atom is -0.504 e. The van der Waals surface area contributed by atoms with E-state index >= 15 is 0 Å². The number of aromatic hydroxyl groups is 2. The van der Waals surface area contributed by atoms with E-state index < -0.39 is 43.9 Å². The number of benzene rings is 1. The molecule has 1 aromatic carbocycles. The molecule has 1 unspecified atom stereocenters. The van der Waals surface area contributed by atoms with Crippen molar-refractivity contribution in [2.45, 2.75) is 25.8 Å². The lowest BCUT2D eigenvalue weighted by Gasteiger charge is -2.14. The highest BCUT2D eigenvalue weighted by molar-refractivity contribution is 5.85. The van der Waals surface area contributed by atoms with Gasteiger partial charge in [-0.3, -0.25) is 0 Å². The Labute approximate surface area is 111 Å².